The topological polar surface area (TPSA) is 94.6 Å². The summed E-state index contributed by atoms with van der Waals surface area (Å²) < 4.78 is 9.93. The molecule has 0 amide bonds. The normalized spacial score (nSPS) is 12.9. The summed E-state index contributed by atoms with van der Waals surface area (Å²) in [6, 6.07) is 14.4. The molecule has 0 fully saturated rings. The molecule has 0 bridgehead atoms. The van der Waals surface area contributed by atoms with Crippen molar-refractivity contribution >= 4 is 75.4 Å². The monoisotopic (exact) mass is 416 g/mol. The zero-order chi connectivity index (χ0) is 21.5. The van der Waals surface area contributed by atoms with Crippen LogP contribution in [0.25, 0.3) is 75.4 Å². The molecule has 0 aliphatic heterocycles. The Balaban J connectivity index is 1.86. The number of rotatable bonds is 0. The maximum atomic E-state index is 12.6. The van der Waals surface area contributed by atoms with Gasteiger partial charge in [-0.1, -0.05) is 12.1 Å². The SMILES string of the molecule is O=c1oc(=O)c2cc3cc4ccc5c(=O)oc(=O)c6cc7cc8ccc1c2c8c3c7c4c56. The van der Waals surface area contributed by atoms with Gasteiger partial charge in [0.25, 0.3) is 0 Å². The zero-order valence-electron chi connectivity index (χ0n) is 16.1. The predicted octanol–water partition coefficient (Wildman–Crippen LogP) is 4.14. The first kappa shape index (κ1) is 16.2. The van der Waals surface area contributed by atoms with E-state index in [4.69, 9.17) is 8.83 Å². The highest BCUT2D eigenvalue weighted by Gasteiger charge is 2.23. The molecule has 8 aromatic rings. The van der Waals surface area contributed by atoms with Crippen LogP contribution >= 0.6 is 0 Å². The van der Waals surface area contributed by atoms with E-state index in [1.807, 2.05) is 24.3 Å². The van der Waals surface area contributed by atoms with Crippen molar-refractivity contribution in [1.82, 2.24) is 0 Å². The molecule has 148 valence electrons. The van der Waals surface area contributed by atoms with Gasteiger partial charge in [-0.2, -0.15) is 0 Å². The van der Waals surface area contributed by atoms with Crippen LogP contribution in [0.2, 0.25) is 0 Å². The fourth-order valence-corrected chi connectivity index (χ4v) is 5.62. The highest BCUT2D eigenvalue weighted by atomic mass is 16.4. The molecular formula is C26H8O6. The Hall–Kier alpha value is -4.58. The van der Waals surface area contributed by atoms with Crippen molar-refractivity contribution in [3.63, 3.8) is 0 Å². The lowest BCUT2D eigenvalue weighted by Crippen LogP contribution is -2.13. The van der Waals surface area contributed by atoms with Gasteiger partial charge in [0.2, 0.25) is 0 Å². The third-order valence-corrected chi connectivity index (χ3v) is 6.81. The molecule has 0 aliphatic rings. The van der Waals surface area contributed by atoms with Gasteiger partial charge in [-0.15, -0.1) is 0 Å². The molecule has 32 heavy (non-hydrogen) atoms. The van der Waals surface area contributed by atoms with Gasteiger partial charge in [-0.25, -0.2) is 19.2 Å². The van der Waals surface area contributed by atoms with Gasteiger partial charge in [-0.05, 0) is 79.5 Å². The van der Waals surface area contributed by atoms with E-state index in [1.165, 1.54) is 0 Å². The highest BCUT2D eigenvalue weighted by molar-refractivity contribution is 6.42. The lowest BCUT2D eigenvalue weighted by atomic mass is 9.84. The fourth-order valence-electron chi connectivity index (χ4n) is 5.62. The van der Waals surface area contributed by atoms with Gasteiger partial charge in [0.15, 0.2) is 0 Å². The molecule has 6 heteroatoms. The average Bonchev–Trinajstić information content (AvgIpc) is 2.78. The van der Waals surface area contributed by atoms with Crippen LogP contribution in [-0.2, 0) is 0 Å². The molecule has 0 unspecified atom stereocenters. The lowest BCUT2D eigenvalue weighted by Gasteiger charge is -2.18. The molecule has 0 N–H and O–H groups in total. The number of hydrogen-bond acceptors (Lipinski definition) is 6. The van der Waals surface area contributed by atoms with E-state index in [9.17, 15) is 19.2 Å². The minimum Gasteiger partial charge on any atom is -0.386 e. The van der Waals surface area contributed by atoms with Crippen molar-refractivity contribution in [3.8, 4) is 0 Å². The summed E-state index contributed by atoms with van der Waals surface area (Å²) in [6.07, 6.45) is 0. The number of benzene rings is 6. The molecule has 6 aromatic carbocycles. The second-order valence-corrected chi connectivity index (χ2v) is 8.32. The van der Waals surface area contributed by atoms with Crippen molar-refractivity contribution in [2.75, 3.05) is 0 Å². The van der Waals surface area contributed by atoms with E-state index < -0.39 is 22.5 Å². The van der Waals surface area contributed by atoms with Crippen LogP contribution < -0.4 is 22.5 Å². The molecule has 0 aliphatic carbocycles. The van der Waals surface area contributed by atoms with Crippen molar-refractivity contribution < 1.29 is 8.83 Å². The van der Waals surface area contributed by atoms with Crippen LogP contribution in [0, 0.1) is 0 Å². The van der Waals surface area contributed by atoms with Crippen molar-refractivity contribution in [1.29, 1.82) is 0 Å². The van der Waals surface area contributed by atoms with Crippen molar-refractivity contribution in [2.45, 2.75) is 0 Å². The number of hydrogen-bond donors (Lipinski definition) is 0. The van der Waals surface area contributed by atoms with Crippen LogP contribution in [-0.4, -0.2) is 0 Å². The molecule has 0 spiro atoms. The van der Waals surface area contributed by atoms with Crippen molar-refractivity contribution in [2.24, 2.45) is 0 Å². The Labute approximate surface area is 174 Å². The molecule has 0 saturated carbocycles. The summed E-state index contributed by atoms with van der Waals surface area (Å²) in [5, 5.41) is 9.31. The molecule has 0 atom stereocenters. The van der Waals surface area contributed by atoms with Gasteiger partial charge in [0.05, 0.1) is 21.5 Å². The minimum absolute atomic E-state index is 0.352. The molecule has 6 nitrogen and oxygen atoms in total. The molecule has 0 saturated heterocycles. The standard InChI is InChI=1S/C26H8O6/c27-23-13-3-1-9-5-11-7-16-22-14(24(28)32-26(16)30)4-2-10-6-12-8-15(25(29)31-23)21(13)17(9)19(12)20(11)18(10)22/h1-8H. The molecule has 2 heterocycles. The molecule has 8 rings (SSSR count). The van der Waals surface area contributed by atoms with Crippen LogP contribution in [0.4, 0.5) is 0 Å². The summed E-state index contributed by atoms with van der Waals surface area (Å²) in [6.45, 7) is 0. The zero-order valence-corrected chi connectivity index (χ0v) is 16.1. The Morgan fingerprint density at radius 2 is 0.750 bits per heavy atom. The van der Waals surface area contributed by atoms with E-state index in [1.54, 1.807) is 24.3 Å². The van der Waals surface area contributed by atoms with Gasteiger partial charge < -0.3 is 8.83 Å². The van der Waals surface area contributed by atoms with E-state index in [2.05, 4.69) is 0 Å². The molecular weight excluding hydrogens is 408 g/mol. The van der Waals surface area contributed by atoms with Crippen LogP contribution in [0.1, 0.15) is 0 Å². The van der Waals surface area contributed by atoms with E-state index in [0.29, 0.717) is 32.3 Å². The van der Waals surface area contributed by atoms with Crippen LogP contribution in [0.3, 0.4) is 0 Å². The Morgan fingerprint density at radius 1 is 0.375 bits per heavy atom. The first-order valence-corrected chi connectivity index (χ1v) is 10.0. The van der Waals surface area contributed by atoms with Crippen LogP contribution in [0.15, 0.2) is 76.5 Å². The molecule has 0 radical (unpaired) electrons. The van der Waals surface area contributed by atoms with E-state index in [0.717, 1.165) is 43.1 Å². The van der Waals surface area contributed by atoms with Gasteiger partial charge in [-0.3, -0.25) is 0 Å². The van der Waals surface area contributed by atoms with Crippen LogP contribution in [0.5, 0.6) is 0 Å². The van der Waals surface area contributed by atoms with E-state index in [-0.39, 0.29) is 0 Å². The summed E-state index contributed by atoms with van der Waals surface area (Å²) in [5.74, 6) is 0. The quantitative estimate of drug-likeness (QED) is 0.272. The summed E-state index contributed by atoms with van der Waals surface area (Å²) in [4.78, 5) is 50.0. The Kier molecular flexibility index (Phi) is 2.44. The Morgan fingerprint density at radius 3 is 1.19 bits per heavy atom. The predicted molar refractivity (Wildman–Crippen MR) is 123 cm³/mol. The summed E-state index contributed by atoms with van der Waals surface area (Å²) in [7, 11) is 0. The third kappa shape index (κ3) is 1.60. The van der Waals surface area contributed by atoms with Gasteiger partial charge >= 0.3 is 22.5 Å². The van der Waals surface area contributed by atoms with E-state index >= 15 is 0 Å². The summed E-state index contributed by atoms with van der Waals surface area (Å²) >= 11 is 0. The average molecular weight is 416 g/mol. The molecule has 2 aromatic heterocycles. The van der Waals surface area contributed by atoms with Crippen molar-refractivity contribution in [3.05, 3.63) is 90.2 Å². The van der Waals surface area contributed by atoms with Gasteiger partial charge in [0.1, 0.15) is 0 Å². The smallest absolute Gasteiger partial charge is 0.346 e. The lowest BCUT2D eigenvalue weighted by molar-refractivity contribution is 0.488. The second kappa shape index (κ2) is 4.84. The summed E-state index contributed by atoms with van der Waals surface area (Å²) in [5.41, 5.74) is -2.65. The fraction of sp³-hybridized carbons (Fsp3) is 0. The largest absolute Gasteiger partial charge is 0.386 e. The van der Waals surface area contributed by atoms with Gasteiger partial charge in [0, 0.05) is 10.8 Å². The maximum absolute atomic E-state index is 12.6. The maximum Gasteiger partial charge on any atom is 0.346 e. The third-order valence-electron chi connectivity index (χ3n) is 6.81. The first-order valence-electron chi connectivity index (χ1n) is 10.0. The minimum atomic E-state index is -0.662. The first-order chi connectivity index (χ1) is 15.5. The highest BCUT2D eigenvalue weighted by Crippen LogP contribution is 2.46. The second-order valence-electron chi connectivity index (χ2n) is 8.32. The Bertz CT molecular complexity index is 2160.